The third-order valence-corrected chi connectivity index (χ3v) is 4.20. The first-order chi connectivity index (χ1) is 11.2. The lowest BCUT2D eigenvalue weighted by atomic mass is 10.2. The molecule has 23 heavy (non-hydrogen) atoms. The number of para-hydroxylation sites is 1. The van der Waals surface area contributed by atoms with Gasteiger partial charge in [-0.2, -0.15) is 0 Å². The topological polar surface area (TPSA) is 62.5 Å². The molecule has 3 rings (SSSR count). The Morgan fingerprint density at radius 2 is 2.17 bits per heavy atom. The summed E-state index contributed by atoms with van der Waals surface area (Å²) in [5.41, 5.74) is 0.897. The van der Waals surface area contributed by atoms with Gasteiger partial charge in [0.2, 0.25) is 0 Å². The number of guanidine groups is 1. The summed E-state index contributed by atoms with van der Waals surface area (Å²) in [7, 11) is 0. The summed E-state index contributed by atoms with van der Waals surface area (Å²) in [6.45, 7) is 6.09. The summed E-state index contributed by atoms with van der Waals surface area (Å²) < 4.78 is 5.79. The molecule has 0 fully saturated rings. The van der Waals surface area contributed by atoms with E-state index in [1.807, 2.05) is 43.5 Å². The van der Waals surface area contributed by atoms with E-state index in [0.29, 0.717) is 13.1 Å². The SMILES string of the molecule is CCNC(=NCc1cc2ccccc2o1)NCc1ncc(C)s1. The molecule has 0 saturated carbocycles. The average molecular weight is 328 g/mol. The number of nitrogens with one attached hydrogen (secondary N) is 2. The standard InChI is InChI=1S/C17H20N4OS/c1-3-18-17(21-11-16-19-9-12(2)23-16)20-10-14-8-13-6-4-5-7-15(13)22-14/h4-9H,3,10-11H2,1-2H3,(H2,18,20,21). The van der Waals surface area contributed by atoms with E-state index in [1.54, 1.807) is 11.3 Å². The van der Waals surface area contributed by atoms with Crippen LogP contribution in [0.1, 0.15) is 22.6 Å². The van der Waals surface area contributed by atoms with Crippen molar-refractivity contribution in [3.63, 3.8) is 0 Å². The summed E-state index contributed by atoms with van der Waals surface area (Å²) in [5.74, 6) is 1.62. The highest BCUT2D eigenvalue weighted by Crippen LogP contribution is 2.19. The summed E-state index contributed by atoms with van der Waals surface area (Å²) in [4.78, 5) is 10.1. The fraction of sp³-hybridized carbons (Fsp3) is 0.294. The van der Waals surface area contributed by atoms with E-state index in [9.17, 15) is 0 Å². The van der Waals surface area contributed by atoms with E-state index in [-0.39, 0.29) is 0 Å². The number of aromatic nitrogens is 1. The van der Waals surface area contributed by atoms with Crippen LogP contribution in [0.2, 0.25) is 0 Å². The van der Waals surface area contributed by atoms with Crippen molar-refractivity contribution in [3.8, 4) is 0 Å². The quantitative estimate of drug-likeness (QED) is 0.556. The molecule has 120 valence electrons. The maximum Gasteiger partial charge on any atom is 0.192 e. The second-order valence-corrected chi connectivity index (χ2v) is 6.48. The number of aryl methyl sites for hydroxylation is 1. The van der Waals surface area contributed by atoms with Gasteiger partial charge in [-0.3, -0.25) is 0 Å². The maximum atomic E-state index is 5.79. The van der Waals surface area contributed by atoms with Crippen LogP contribution in [0, 0.1) is 6.92 Å². The largest absolute Gasteiger partial charge is 0.459 e. The summed E-state index contributed by atoms with van der Waals surface area (Å²) >= 11 is 1.69. The first kappa shape index (κ1) is 15.6. The van der Waals surface area contributed by atoms with Crippen molar-refractivity contribution in [2.75, 3.05) is 6.54 Å². The van der Waals surface area contributed by atoms with E-state index in [2.05, 4.69) is 27.5 Å². The molecule has 0 aliphatic rings. The van der Waals surface area contributed by atoms with E-state index >= 15 is 0 Å². The molecule has 0 aliphatic carbocycles. The lowest BCUT2D eigenvalue weighted by Crippen LogP contribution is -2.36. The van der Waals surface area contributed by atoms with Gasteiger partial charge in [-0.1, -0.05) is 18.2 Å². The van der Waals surface area contributed by atoms with Crippen molar-refractivity contribution >= 4 is 28.3 Å². The number of rotatable bonds is 5. The molecule has 6 heteroatoms. The summed E-state index contributed by atoms with van der Waals surface area (Å²) in [6, 6.07) is 10.0. The Bertz CT molecular complexity index is 773. The number of benzene rings is 1. The first-order valence-corrected chi connectivity index (χ1v) is 8.47. The molecule has 0 spiro atoms. The molecule has 0 radical (unpaired) electrons. The smallest absolute Gasteiger partial charge is 0.192 e. The van der Waals surface area contributed by atoms with E-state index in [4.69, 9.17) is 4.42 Å². The van der Waals surface area contributed by atoms with Gasteiger partial charge in [0.15, 0.2) is 5.96 Å². The van der Waals surface area contributed by atoms with Gasteiger partial charge >= 0.3 is 0 Å². The van der Waals surface area contributed by atoms with E-state index in [1.165, 1.54) is 4.88 Å². The molecule has 0 saturated heterocycles. The predicted molar refractivity (Wildman–Crippen MR) is 94.7 cm³/mol. The van der Waals surface area contributed by atoms with Gasteiger partial charge in [0.05, 0.1) is 6.54 Å². The van der Waals surface area contributed by atoms with Crippen LogP contribution in [0.5, 0.6) is 0 Å². The first-order valence-electron chi connectivity index (χ1n) is 7.65. The van der Waals surface area contributed by atoms with Crippen molar-refractivity contribution in [2.24, 2.45) is 4.99 Å². The fourth-order valence-electron chi connectivity index (χ4n) is 2.26. The highest BCUT2D eigenvalue weighted by molar-refractivity contribution is 7.11. The molecule has 0 unspecified atom stereocenters. The summed E-state index contributed by atoms with van der Waals surface area (Å²) in [6.07, 6.45) is 1.89. The van der Waals surface area contributed by atoms with Gasteiger partial charge in [-0.15, -0.1) is 11.3 Å². The molecule has 2 aromatic heterocycles. The number of nitrogens with zero attached hydrogens (tertiary/aromatic N) is 2. The van der Waals surface area contributed by atoms with Crippen LogP contribution in [0.4, 0.5) is 0 Å². The zero-order valence-electron chi connectivity index (χ0n) is 13.3. The Kier molecular flexibility index (Phi) is 4.92. The molecule has 1 aromatic carbocycles. The maximum absolute atomic E-state index is 5.79. The van der Waals surface area contributed by atoms with E-state index < -0.39 is 0 Å². The molecule has 0 aliphatic heterocycles. The van der Waals surface area contributed by atoms with Gasteiger partial charge in [0, 0.05) is 23.0 Å². The molecule has 0 bridgehead atoms. The monoisotopic (exact) mass is 328 g/mol. The van der Waals surface area contributed by atoms with Crippen LogP contribution in [0.15, 0.2) is 45.9 Å². The van der Waals surface area contributed by atoms with E-state index in [0.717, 1.165) is 34.2 Å². The lowest BCUT2D eigenvalue weighted by Gasteiger charge is -2.09. The van der Waals surface area contributed by atoms with Gasteiger partial charge in [0.1, 0.15) is 22.9 Å². The van der Waals surface area contributed by atoms with Crippen LogP contribution in [-0.2, 0) is 13.1 Å². The van der Waals surface area contributed by atoms with Crippen molar-refractivity contribution in [1.29, 1.82) is 0 Å². The van der Waals surface area contributed by atoms with Gasteiger partial charge in [0.25, 0.3) is 0 Å². The second-order valence-electron chi connectivity index (χ2n) is 5.16. The minimum absolute atomic E-state index is 0.501. The molecular formula is C17H20N4OS. The Morgan fingerprint density at radius 1 is 1.30 bits per heavy atom. The van der Waals surface area contributed by atoms with Crippen LogP contribution in [0.25, 0.3) is 11.0 Å². The van der Waals surface area contributed by atoms with Crippen LogP contribution >= 0.6 is 11.3 Å². The molecule has 0 atom stereocenters. The third kappa shape index (κ3) is 4.10. The second kappa shape index (κ2) is 7.28. The number of hydrogen-bond acceptors (Lipinski definition) is 4. The van der Waals surface area contributed by atoms with Crippen LogP contribution in [0.3, 0.4) is 0 Å². The highest BCUT2D eigenvalue weighted by Gasteiger charge is 2.04. The van der Waals surface area contributed by atoms with Crippen molar-refractivity contribution in [3.05, 3.63) is 52.2 Å². The Labute approximate surface area is 139 Å². The third-order valence-electron chi connectivity index (χ3n) is 3.29. The number of fused-ring (bicyclic) bond motifs is 1. The number of furan rings is 1. The van der Waals surface area contributed by atoms with Gasteiger partial charge in [-0.25, -0.2) is 9.98 Å². The van der Waals surface area contributed by atoms with Gasteiger partial charge in [-0.05, 0) is 26.0 Å². The number of aliphatic imine (C=N–C) groups is 1. The lowest BCUT2D eigenvalue weighted by molar-refractivity contribution is 0.551. The number of thiazole rings is 1. The highest BCUT2D eigenvalue weighted by atomic mass is 32.1. The molecule has 3 aromatic rings. The summed E-state index contributed by atoms with van der Waals surface area (Å²) in [5, 5.41) is 8.70. The fourth-order valence-corrected chi connectivity index (χ4v) is 2.98. The Morgan fingerprint density at radius 3 is 2.91 bits per heavy atom. The molecular weight excluding hydrogens is 308 g/mol. The predicted octanol–water partition coefficient (Wildman–Crippen LogP) is 3.45. The Hall–Kier alpha value is -2.34. The zero-order valence-corrected chi connectivity index (χ0v) is 14.1. The van der Waals surface area contributed by atoms with Crippen LogP contribution in [-0.4, -0.2) is 17.5 Å². The Balaban J connectivity index is 1.65. The van der Waals surface area contributed by atoms with Crippen molar-refractivity contribution < 1.29 is 4.42 Å². The molecule has 2 heterocycles. The van der Waals surface area contributed by atoms with Crippen LogP contribution < -0.4 is 10.6 Å². The minimum atomic E-state index is 0.501. The van der Waals surface area contributed by atoms with Crippen molar-refractivity contribution in [1.82, 2.24) is 15.6 Å². The average Bonchev–Trinajstić information content (AvgIpc) is 3.15. The minimum Gasteiger partial charge on any atom is -0.459 e. The normalized spacial score (nSPS) is 11.8. The van der Waals surface area contributed by atoms with Crippen molar-refractivity contribution in [2.45, 2.75) is 26.9 Å². The zero-order chi connectivity index (χ0) is 16.1. The molecule has 5 nitrogen and oxygen atoms in total. The number of hydrogen-bond donors (Lipinski definition) is 2. The van der Waals surface area contributed by atoms with Gasteiger partial charge < -0.3 is 15.1 Å². The molecule has 2 N–H and O–H groups in total. The molecule has 0 amide bonds.